The standard InChI is InChI=1S/C43H60O7/c1-27(2)13-11-22-41(10)32(17-15-30(7)14-12-21-40(8,9)50)26-42(23-19-28(3)4)37(47)35(36(46)31-16-18-33(44)34(45)25-31)38(48)43(41,39(42)49)24-20-29(5)6/h12-13,15-16,18-21,25,32,35,37,44-45,47,50H,11,14,17,22-24,26H2,1-10H3/b21-12+,30-15+/t32-,35?,37?,41+,42-,43+/m1/s1. The van der Waals surface area contributed by atoms with Crippen molar-refractivity contribution in [2.75, 3.05) is 0 Å². The molecule has 2 unspecified atom stereocenters. The number of aromatic hydroxyl groups is 2. The number of ketones is 3. The van der Waals surface area contributed by atoms with E-state index in [-0.39, 0.29) is 30.1 Å². The zero-order valence-electron chi connectivity index (χ0n) is 31.9. The van der Waals surface area contributed by atoms with E-state index < -0.39 is 56.9 Å². The molecule has 0 aliphatic heterocycles. The number of rotatable bonds is 14. The molecule has 0 aromatic heterocycles. The number of phenols is 2. The van der Waals surface area contributed by atoms with Crippen LogP contribution in [0.1, 0.15) is 125 Å². The molecule has 2 bridgehead atoms. The maximum Gasteiger partial charge on any atom is 0.176 e. The minimum atomic E-state index is -1.61. The zero-order chi connectivity index (χ0) is 37.8. The average molecular weight is 689 g/mol. The molecule has 0 radical (unpaired) electrons. The first-order valence-electron chi connectivity index (χ1n) is 17.9. The topological polar surface area (TPSA) is 132 Å². The summed E-state index contributed by atoms with van der Waals surface area (Å²) in [5.41, 5.74) is -0.739. The molecule has 7 nitrogen and oxygen atoms in total. The van der Waals surface area contributed by atoms with Crippen molar-refractivity contribution in [3.8, 4) is 11.5 Å². The van der Waals surface area contributed by atoms with E-state index in [4.69, 9.17) is 0 Å². The summed E-state index contributed by atoms with van der Waals surface area (Å²) < 4.78 is 0. The third kappa shape index (κ3) is 8.32. The summed E-state index contributed by atoms with van der Waals surface area (Å²) in [6.07, 6.45) is 13.2. The van der Waals surface area contributed by atoms with Crippen LogP contribution in [0.25, 0.3) is 0 Å². The van der Waals surface area contributed by atoms with Gasteiger partial charge in [-0.25, -0.2) is 0 Å². The van der Waals surface area contributed by atoms with E-state index in [0.717, 1.165) is 28.4 Å². The summed E-state index contributed by atoms with van der Waals surface area (Å²) in [4.78, 5) is 45.2. The first kappa shape index (κ1) is 40.9. The summed E-state index contributed by atoms with van der Waals surface area (Å²) in [5, 5.41) is 42.8. The third-order valence-corrected chi connectivity index (χ3v) is 11.1. The van der Waals surface area contributed by atoms with Crippen molar-refractivity contribution >= 4 is 17.3 Å². The Bertz CT molecular complexity index is 1600. The number of aliphatic hydroxyl groups excluding tert-OH is 1. The summed E-state index contributed by atoms with van der Waals surface area (Å²) in [5.74, 6) is -4.18. The fourth-order valence-corrected chi connectivity index (χ4v) is 8.13. The Morgan fingerprint density at radius 2 is 1.50 bits per heavy atom. The zero-order valence-corrected chi connectivity index (χ0v) is 31.9. The van der Waals surface area contributed by atoms with E-state index in [1.165, 1.54) is 12.1 Å². The second kappa shape index (κ2) is 15.8. The number of aliphatic hydroxyl groups is 2. The molecule has 1 aromatic rings. The summed E-state index contributed by atoms with van der Waals surface area (Å²) in [6.45, 7) is 19.3. The Morgan fingerprint density at radius 3 is 2.06 bits per heavy atom. The van der Waals surface area contributed by atoms with Crippen LogP contribution < -0.4 is 0 Å². The number of fused-ring (bicyclic) bond motifs is 2. The van der Waals surface area contributed by atoms with Crippen molar-refractivity contribution in [1.82, 2.24) is 0 Å². The minimum Gasteiger partial charge on any atom is -0.504 e. The van der Waals surface area contributed by atoms with Gasteiger partial charge in [-0.15, -0.1) is 0 Å². The molecule has 274 valence electrons. The van der Waals surface area contributed by atoms with Gasteiger partial charge in [0.1, 0.15) is 5.92 Å². The highest BCUT2D eigenvalue weighted by molar-refractivity contribution is 6.23. The van der Waals surface area contributed by atoms with Gasteiger partial charge in [0.15, 0.2) is 28.8 Å². The van der Waals surface area contributed by atoms with E-state index in [0.29, 0.717) is 32.1 Å². The molecule has 2 fully saturated rings. The predicted molar refractivity (Wildman–Crippen MR) is 200 cm³/mol. The van der Waals surface area contributed by atoms with Crippen molar-refractivity contribution in [3.63, 3.8) is 0 Å². The van der Waals surface area contributed by atoms with Gasteiger partial charge >= 0.3 is 0 Å². The van der Waals surface area contributed by atoms with Gasteiger partial charge in [0.2, 0.25) is 0 Å². The second-order valence-corrected chi connectivity index (χ2v) is 16.4. The average Bonchev–Trinajstić information content (AvgIpc) is 3.00. The Hall–Kier alpha value is -3.55. The van der Waals surface area contributed by atoms with Crippen LogP contribution in [0.4, 0.5) is 0 Å². The van der Waals surface area contributed by atoms with E-state index in [2.05, 4.69) is 12.2 Å². The molecule has 0 saturated heterocycles. The summed E-state index contributed by atoms with van der Waals surface area (Å²) >= 11 is 0. The molecule has 0 heterocycles. The molecule has 2 saturated carbocycles. The molecule has 3 rings (SSSR count). The number of phenolic OH excluding ortho intramolecular Hbond substituents is 2. The Labute approximate surface area is 299 Å². The molecule has 0 amide bonds. The maximum atomic E-state index is 15.4. The molecule has 1 aromatic carbocycles. The highest BCUT2D eigenvalue weighted by atomic mass is 16.3. The van der Waals surface area contributed by atoms with Crippen LogP contribution in [0, 0.1) is 28.1 Å². The molecule has 2 aliphatic rings. The Kier molecular flexibility index (Phi) is 12.9. The number of benzene rings is 1. The quantitative estimate of drug-likeness (QED) is 0.0664. The fraction of sp³-hybridized carbons (Fsp3) is 0.558. The Morgan fingerprint density at radius 1 is 0.900 bits per heavy atom. The van der Waals surface area contributed by atoms with Crippen LogP contribution in [-0.2, 0) is 9.59 Å². The van der Waals surface area contributed by atoms with Crippen LogP contribution >= 0.6 is 0 Å². The third-order valence-electron chi connectivity index (χ3n) is 11.1. The van der Waals surface area contributed by atoms with Crippen LogP contribution in [-0.4, -0.2) is 49.5 Å². The summed E-state index contributed by atoms with van der Waals surface area (Å²) in [7, 11) is 0. The monoisotopic (exact) mass is 688 g/mol. The lowest BCUT2D eigenvalue weighted by Gasteiger charge is -2.64. The normalized spacial score (nSPS) is 28.4. The fourth-order valence-electron chi connectivity index (χ4n) is 8.13. The lowest BCUT2D eigenvalue weighted by atomic mass is 9.36. The number of hydrogen-bond donors (Lipinski definition) is 4. The van der Waals surface area contributed by atoms with Gasteiger partial charge in [-0.3, -0.25) is 14.4 Å². The first-order valence-corrected chi connectivity index (χ1v) is 17.9. The molecule has 0 spiro atoms. The molecule has 6 atom stereocenters. The lowest BCUT2D eigenvalue weighted by molar-refractivity contribution is -0.199. The second-order valence-electron chi connectivity index (χ2n) is 16.4. The number of Topliss-reactive ketones (excluding diaryl/α,β-unsaturated/α-hetero) is 3. The molecule has 2 aliphatic carbocycles. The van der Waals surface area contributed by atoms with Crippen LogP contribution in [0.15, 0.2) is 76.9 Å². The Balaban J connectivity index is 2.37. The van der Waals surface area contributed by atoms with Crippen molar-refractivity contribution in [2.45, 2.75) is 126 Å². The van der Waals surface area contributed by atoms with Gasteiger partial charge in [0.25, 0.3) is 0 Å². The smallest absolute Gasteiger partial charge is 0.176 e. The van der Waals surface area contributed by atoms with Gasteiger partial charge < -0.3 is 20.4 Å². The number of carbonyl (C=O) groups is 3. The highest BCUT2D eigenvalue weighted by Gasteiger charge is 2.75. The molecular weight excluding hydrogens is 628 g/mol. The van der Waals surface area contributed by atoms with Gasteiger partial charge in [0.05, 0.1) is 22.5 Å². The van der Waals surface area contributed by atoms with Crippen molar-refractivity contribution in [1.29, 1.82) is 0 Å². The van der Waals surface area contributed by atoms with E-state index in [1.807, 2.05) is 73.6 Å². The van der Waals surface area contributed by atoms with Crippen molar-refractivity contribution in [2.24, 2.45) is 28.1 Å². The van der Waals surface area contributed by atoms with E-state index in [1.54, 1.807) is 19.9 Å². The minimum absolute atomic E-state index is 0.0136. The number of hydrogen-bond acceptors (Lipinski definition) is 7. The van der Waals surface area contributed by atoms with E-state index in [9.17, 15) is 25.2 Å². The van der Waals surface area contributed by atoms with Crippen LogP contribution in [0.3, 0.4) is 0 Å². The number of allylic oxidation sites excluding steroid dienone is 9. The predicted octanol–water partition coefficient (Wildman–Crippen LogP) is 8.92. The SMILES string of the molecule is CC(C)=CCC[C@@]1(C)[C@H](C/C=C(\C)C/C=C/C(C)(C)O)C[C@@]2(CC=C(C)C)C(=O)[C@]1(CC=C(C)C)C(=O)C(C(=O)c1ccc(O)c(O)c1)C2O. The van der Waals surface area contributed by atoms with Gasteiger partial charge in [-0.05, 0) is 137 Å². The molecule has 4 N–H and O–H groups in total. The van der Waals surface area contributed by atoms with Gasteiger partial charge in [0, 0.05) is 5.56 Å². The summed E-state index contributed by atoms with van der Waals surface area (Å²) in [6, 6.07) is 3.65. The van der Waals surface area contributed by atoms with Crippen LogP contribution in [0.5, 0.6) is 11.5 Å². The highest BCUT2D eigenvalue weighted by Crippen LogP contribution is 2.68. The maximum absolute atomic E-state index is 15.4. The van der Waals surface area contributed by atoms with Crippen molar-refractivity contribution < 1.29 is 34.8 Å². The molecule has 7 heteroatoms. The van der Waals surface area contributed by atoms with Crippen LogP contribution in [0.2, 0.25) is 0 Å². The van der Waals surface area contributed by atoms with Gasteiger partial charge in [-0.2, -0.15) is 0 Å². The first-order chi connectivity index (χ1) is 23.1. The largest absolute Gasteiger partial charge is 0.504 e. The number of carbonyl (C=O) groups excluding carboxylic acids is 3. The van der Waals surface area contributed by atoms with Crippen molar-refractivity contribution in [3.05, 3.63) is 82.5 Å². The molecule has 50 heavy (non-hydrogen) atoms. The molecular formula is C43H60O7. The lowest BCUT2D eigenvalue weighted by Crippen LogP contribution is -2.74. The van der Waals surface area contributed by atoms with E-state index >= 15 is 9.59 Å². The van der Waals surface area contributed by atoms with Gasteiger partial charge in [-0.1, -0.05) is 65.7 Å².